The first-order valence-corrected chi connectivity index (χ1v) is 5.03. The molecule has 80 valence electrons. The van der Waals surface area contributed by atoms with Gasteiger partial charge in [0.25, 0.3) is 0 Å². The molecule has 2 atom stereocenters. The summed E-state index contributed by atoms with van der Waals surface area (Å²) in [4.78, 5) is 11.5. The van der Waals surface area contributed by atoms with Gasteiger partial charge in [0.1, 0.15) is 11.5 Å². The monoisotopic (exact) mass is 206 g/mol. The minimum absolute atomic E-state index is 0.117. The molecular weight excluding hydrogens is 192 g/mol. The lowest BCUT2D eigenvalue weighted by Crippen LogP contribution is -2.28. The number of rotatable bonds is 1. The predicted molar refractivity (Wildman–Crippen MR) is 56.2 cm³/mol. The van der Waals surface area contributed by atoms with Crippen molar-refractivity contribution in [3.05, 3.63) is 23.8 Å². The van der Waals surface area contributed by atoms with Crippen LogP contribution in [-0.2, 0) is 4.79 Å². The van der Waals surface area contributed by atoms with Gasteiger partial charge in [-0.25, -0.2) is 0 Å². The Morgan fingerprint density at radius 2 is 2.00 bits per heavy atom. The summed E-state index contributed by atoms with van der Waals surface area (Å²) in [7, 11) is 1.63. The van der Waals surface area contributed by atoms with Crippen LogP contribution in [0.4, 0.5) is 0 Å². The maximum absolute atomic E-state index is 11.5. The molecule has 0 radical (unpaired) electrons. The highest BCUT2D eigenvalue weighted by Crippen LogP contribution is 2.42. The maximum Gasteiger partial charge on any atom is 0.314 e. The standard InChI is InChI=1S/C12H14O3/c1-7-8(2)12(13)15-10-6-4-5-9(14-3)11(7)10/h4-8H,1-3H3. The molecule has 0 saturated heterocycles. The zero-order valence-corrected chi connectivity index (χ0v) is 9.11. The fraction of sp³-hybridized carbons (Fsp3) is 0.417. The fourth-order valence-corrected chi connectivity index (χ4v) is 1.90. The molecule has 0 saturated carbocycles. The molecule has 0 amide bonds. The van der Waals surface area contributed by atoms with Gasteiger partial charge in [-0.2, -0.15) is 0 Å². The normalized spacial score (nSPS) is 24.3. The first-order valence-electron chi connectivity index (χ1n) is 5.03. The number of ether oxygens (including phenoxy) is 2. The molecule has 2 rings (SSSR count). The average Bonchev–Trinajstić information content (AvgIpc) is 2.25. The van der Waals surface area contributed by atoms with Crippen LogP contribution in [0.25, 0.3) is 0 Å². The molecule has 2 unspecified atom stereocenters. The van der Waals surface area contributed by atoms with E-state index in [1.54, 1.807) is 13.2 Å². The summed E-state index contributed by atoms with van der Waals surface area (Å²) >= 11 is 0. The van der Waals surface area contributed by atoms with E-state index in [4.69, 9.17) is 9.47 Å². The third-order valence-corrected chi connectivity index (χ3v) is 3.03. The Morgan fingerprint density at radius 3 is 2.67 bits per heavy atom. The molecule has 15 heavy (non-hydrogen) atoms. The highest BCUT2D eigenvalue weighted by atomic mass is 16.5. The van der Waals surface area contributed by atoms with Crippen LogP contribution >= 0.6 is 0 Å². The SMILES string of the molecule is COc1cccc2c1C(C)C(C)C(=O)O2. The lowest BCUT2D eigenvalue weighted by atomic mass is 9.86. The third-order valence-electron chi connectivity index (χ3n) is 3.03. The first kappa shape index (κ1) is 10.0. The summed E-state index contributed by atoms with van der Waals surface area (Å²) in [5.41, 5.74) is 0.993. The zero-order valence-electron chi connectivity index (χ0n) is 9.11. The lowest BCUT2D eigenvalue weighted by molar-refractivity contribution is -0.140. The summed E-state index contributed by atoms with van der Waals surface area (Å²) in [5, 5.41) is 0. The van der Waals surface area contributed by atoms with Crippen LogP contribution in [0.3, 0.4) is 0 Å². The summed E-state index contributed by atoms with van der Waals surface area (Å²) in [5.74, 6) is 1.28. The second-order valence-corrected chi connectivity index (χ2v) is 3.87. The van der Waals surface area contributed by atoms with Gasteiger partial charge < -0.3 is 9.47 Å². The number of methoxy groups -OCH3 is 1. The van der Waals surface area contributed by atoms with E-state index in [9.17, 15) is 4.79 Å². The van der Waals surface area contributed by atoms with Crippen LogP contribution in [0, 0.1) is 5.92 Å². The molecule has 1 aliphatic heterocycles. The second kappa shape index (κ2) is 3.57. The average molecular weight is 206 g/mol. The predicted octanol–water partition coefficient (Wildman–Crippen LogP) is 2.35. The van der Waals surface area contributed by atoms with E-state index in [0.29, 0.717) is 5.75 Å². The van der Waals surface area contributed by atoms with Gasteiger partial charge in [0.2, 0.25) is 0 Å². The summed E-state index contributed by atoms with van der Waals surface area (Å²) in [6.45, 7) is 3.90. The number of fused-ring (bicyclic) bond motifs is 1. The molecule has 0 bridgehead atoms. The molecule has 1 aromatic rings. The minimum Gasteiger partial charge on any atom is -0.496 e. The van der Waals surface area contributed by atoms with Gasteiger partial charge in [-0.3, -0.25) is 4.79 Å². The van der Waals surface area contributed by atoms with Crippen molar-refractivity contribution in [1.29, 1.82) is 0 Å². The Balaban J connectivity index is 2.55. The highest BCUT2D eigenvalue weighted by molar-refractivity contribution is 5.79. The third kappa shape index (κ3) is 1.48. The summed E-state index contributed by atoms with van der Waals surface area (Å²) < 4.78 is 10.5. The topological polar surface area (TPSA) is 35.5 Å². The van der Waals surface area contributed by atoms with Gasteiger partial charge in [-0.15, -0.1) is 0 Å². The van der Waals surface area contributed by atoms with Crippen molar-refractivity contribution in [2.45, 2.75) is 19.8 Å². The maximum atomic E-state index is 11.5. The van der Waals surface area contributed by atoms with E-state index in [2.05, 4.69) is 0 Å². The Labute approximate surface area is 89.0 Å². The molecule has 0 spiro atoms. The van der Waals surface area contributed by atoms with E-state index in [-0.39, 0.29) is 17.8 Å². The van der Waals surface area contributed by atoms with Crippen LogP contribution in [-0.4, -0.2) is 13.1 Å². The van der Waals surface area contributed by atoms with Crippen molar-refractivity contribution >= 4 is 5.97 Å². The smallest absolute Gasteiger partial charge is 0.314 e. The van der Waals surface area contributed by atoms with E-state index in [1.807, 2.05) is 26.0 Å². The van der Waals surface area contributed by atoms with Crippen LogP contribution < -0.4 is 9.47 Å². The number of carbonyl (C=O) groups is 1. The quantitative estimate of drug-likeness (QED) is 0.522. The number of benzene rings is 1. The van der Waals surface area contributed by atoms with Gasteiger partial charge in [-0.1, -0.05) is 19.9 Å². The van der Waals surface area contributed by atoms with Gasteiger partial charge in [0.15, 0.2) is 0 Å². The Bertz CT molecular complexity index is 398. The van der Waals surface area contributed by atoms with Crippen LogP contribution in [0.2, 0.25) is 0 Å². The Kier molecular flexibility index (Phi) is 2.39. The molecule has 1 aromatic carbocycles. The van der Waals surface area contributed by atoms with E-state index in [1.165, 1.54) is 0 Å². The van der Waals surface area contributed by atoms with E-state index >= 15 is 0 Å². The summed E-state index contributed by atoms with van der Waals surface area (Å²) in [6.07, 6.45) is 0. The molecule has 3 nitrogen and oxygen atoms in total. The minimum atomic E-state index is -0.164. The number of hydrogen-bond acceptors (Lipinski definition) is 3. The largest absolute Gasteiger partial charge is 0.496 e. The second-order valence-electron chi connectivity index (χ2n) is 3.87. The molecule has 3 heteroatoms. The first-order chi connectivity index (χ1) is 7.15. The van der Waals surface area contributed by atoms with Crippen LogP contribution in [0.5, 0.6) is 11.5 Å². The van der Waals surface area contributed by atoms with Gasteiger partial charge in [0.05, 0.1) is 13.0 Å². The molecule has 1 heterocycles. The van der Waals surface area contributed by atoms with Crippen molar-refractivity contribution < 1.29 is 14.3 Å². The highest BCUT2D eigenvalue weighted by Gasteiger charge is 2.33. The number of carbonyl (C=O) groups excluding carboxylic acids is 1. The van der Waals surface area contributed by atoms with Crippen molar-refractivity contribution in [1.82, 2.24) is 0 Å². The van der Waals surface area contributed by atoms with Crippen molar-refractivity contribution in [3.8, 4) is 11.5 Å². The van der Waals surface area contributed by atoms with Gasteiger partial charge >= 0.3 is 5.97 Å². The summed E-state index contributed by atoms with van der Waals surface area (Å²) in [6, 6.07) is 5.52. The molecule has 0 aliphatic carbocycles. The number of hydrogen-bond donors (Lipinski definition) is 0. The molecule has 1 aliphatic rings. The van der Waals surface area contributed by atoms with E-state index < -0.39 is 0 Å². The lowest BCUT2D eigenvalue weighted by Gasteiger charge is -2.28. The Hall–Kier alpha value is -1.51. The molecule has 0 fully saturated rings. The fourth-order valence-electron chi connectivity index (χ4n) is 1.90. The molecular formula is C12H14O3. The van der Waals surface area contributed by atoms with Gasteiger partial charge in [-0.05, 0) is 12.1 Å². The van der Waals surface area contributed by atoms with E-state index in [0.717, 1.165) is 11.3 Å². The van der Waals surface area contributed by atoms with Crippen LogP contribution in [0.1, 0.15) is 25.3 Å². The van der Waals surface area contributed by atoms with Crippen molar-refractivity contribution in [2.24, 2.45) is 5.92 Å². The van der Waals surface area contributed by atoms with Gasteiger partial charge in [0, 0.05) is 11.5 Å². The van der Waals surface area contributed by atoms with Crippen molar-refractivity contribution in [2.75, 3.05) is 7.11 Å². The van der Waals surface area contributed by atoms with Crippen molar-refractivity contribution in [3.63, 3.8) is 0 Å². The Morgan fingerprint density at radius 1 is 1.27 bits per heavy atom. The van der Waals surface area contributed by atoms with Crippen LogP contribution in [0.15, 0.2) is 18.2 Å². The number of esters is 1. The molecule has 0 N–H and O–H groups in total. The molecule has 0 aromatic heterocycles. The zero-order chi connectivity index (χ0) is 11.0.